The lowest BCUT2D eigenvalue weighted by atomic mass is 10.2. The summed E-state index contributed by atoms with van der Waals surface area (Å²) in [6.07, 6.45) is 1.97. The largest absolute Gasteiger partial charge is 0.349 e. The van der Waals surface area contributed by atoms with Crippen molar-refractivity contribution in [3.63, 3.8) is 0 Å². The molecule has 0 saturated heterocycles. The molecule has 0 fully saturated rings. The Kier molecular flexibility index (Phi) is 7.85. The molecule has 0 radical (unpaired) electrons. The summed E-state index contributed by atoms with van der Waals surface area (Å²) in [7, 11) is -3.97. The fourth-order valence-electron chi connectivity index (χ4n) is 2.78. The lowest BCUT2D eigenvalue weighted by Gasteiger charge is -2.14. The van der Waals surface area contributed by atoms with Gasteiger partial charge in [0.05, 0.1) is 4.90 Å². The molecule has 0 saturated carbocycles. The van der Waals surface area contributed by atoms with Crippen molar-refractivity contribution in [1.82, 2.24) is 0 Å². The first-order chi connectivity index (χ1) is 14.9. The van der Waals surface area contributed by atoms with Gasteiger partial charge in [0, 0.05) is 16.3 Å². The van der Waals surface area contributed by atoms with Gasteiger partial charge < -0.3 is 5.32 Å². The van der Waals surface area contributed by atoms with Crippen LogP contribution < -0.4 is 5.32 Å². The smallest absolute Gasteiger partial charge is 0.219 e. The van der Waals surface area contributed by atoms with Crippen molar-refractivity contribution >= 4 is 39.0 Å². The van der Waals surface area contributed by atoms with E-state index >= 15 is 0 Å². The van der Waals surface area contributed by atoms with E-state index in [1.165, 1.54) is 23.9 Å². The highest BCUT2D eigenvalue weighted by molar-refractivity contribution is 8.04. The number of nitrogens with zero attached hydrogens (tertiary/aromatic N) is 1. The third kappa shape index (κ3) is 5.95. The Morgan fingerprint density at radius 1 is 1.00 bits per heavy atom. The third-order valence-corrected chi connectivity index (χ3v) is 8.11. The second kappa shape index (κ2) is 10.6. The Bertz CT molecular complexity index is 1210. The van der Waals surface area contributed by atoms with E-state index in [1.54, 1.807) is 30.0 Å². The van der Waals surface area contributed by atoms with E-state index in [2.05, 4.69) is 5.32 Å². The van der Waals surface area contributed by atoms with E-state index in [4.69, 9.17) is 0 Å². The van der Waals surface area contributed by atoms with Crippen LogP contribution >= 0.6 is 23.5 Å². The van der Waals surface area contributed by atoms with Crippen molar-refractivity contribution in [2.24, 2.45) is 0 Å². The van der Waals surface area contributed by atoms with Crippen molar-refractivity contribution in [3.8, 4) is 6.07 Å². The maximum absolute atomic E-state index is 13.2. The molecular formula is C24H22N2O2S3. The second-order valence-electron chi connectivity index (χ2n) is 6.72. The average molecular weight is 467 g/mol. The first-order valence-corrected chi connectivity index (χ1v) is 13.2. The van der Waals surface area contributed by atoms with Gasteiger partial charge in [-0.25, -0.2) is 8.42 Å². The maximum Gasteiger partial charge on any atom is 0.219 e. The zero-order valence-electron chi connectivity index (χ0n) is 17.2. The lowest BCUT2D eigenvalue weighted by Crippen LogP contribution is -2.10. The summed E-state index contributed by atoms with van der Waals surface area (Å²) in [6, 6.07) is 25.7. The minimum Gasteiger partial charge on any atom is -0.349 e. The van der Waals surface area contributed by atoms with Gasteiger partial charge in [0.2, 0.25) is 9.84 Å². The van der Waals surface area contributed by atoms with Crippen LogP contribution in [-0.4, -0.2) is 14.7 Å². The van der Waals surface area contributed by atoms with Gasteiger partial charge in [-0.2, -0.15) is 5.26 Å². The average Bonchev–Trinajstić information content (AvgIpc) is 2.79. The summed E-state index contributed by atoms with van der Waals surface area (Å²) in [5.74, 6) is 0.528. The number of sulfone groups is 1. The summed E-state index contributed by atoms with van der Waals surface area (Å²) in [4.78, 5) is 0.849. The van der Waals surface area contributed by atoms with Crippen LogP contribution in [0.5, 0.6) is 0 Å². The second-order valence-corrected chi connectivity index (χ2v) is 10.5. The van der Waals surface area contributed by atoms with E-state index in [1.807, 2.05) is 67.8 Å². The molecule has 0 aliphatic carbocycles. The molecule has 3 aromatic carbocycles. The van der Waals surface area contributed by atoms with Crippen LogP contribution in [0.4, 0.5) is 5.69 Å². The van der Waals surface area contributed by atoms with Crippen LogP contribution in [0.2, 0.25) is 0 Å². The van der Waals surface area contributed by atoms with Crippen molar-refractivity contribution in [2.45, 2.75) is 22.5 Å². The fraction of sp³-hybridized carbons (Fsp3) is 0.125. The van der Waals surface area contributed by atoms with Gasteiger partial charge in [0.15, 0.2) is 4.91 Å². The van der Waals surface area contributed by atoms with Crippen LogP contribution in [0.25, 0.3) is 0 Å². The van der Waals surface area contributed by atoms with Crippen molar-refractivity contribution in [2.75, 3.05) is 11.6 Å². The normalized spacial score (nSPS) is 12.0. The number of rotatable bonds is 8. The van der Waals surface area contributed by atoms with Crippen molar-refractivity contribution in [3.05, 3.63) is 99.9 Å². The van der Waals surface area contributed by atoms with E-state index < -0.39 is 9.84 Å². The highest BCUT2D eigenvalue weighted by Crippen LogP contribution is 2.32. The number of hydrogen-bond acceptors (Lipinski definition) is 6. The molecule has 158 valence electrons. The first-order valence-electron chi connectivity index (χ1n) is 9.48. The van der Waals surface area contributed by atoms with Gasteiger partial charge in [0.1, 0.15) is 11.1 Å². The Balaban J connectivity index is 2.03. The molecule has 0 aliphatic heterocycles. The minimum absolute atomic E-state index is 0.0969. The minimum atomic E-state index is -3.97. The number of hydrogen-bond donors (Lipinski definition) is 1. The number of thioether (sulfide) groups is 2. The predicted molar refractivity (Wildman–Crippen MR) is 131 cm³/mol. The van der Waals surface area contributed by atoms with E-state index in [-0.39, 0.29) is 9.80 Å². The topological polar surface area (TPSA) is 70.0 Å². The molecule has 1 N–H and O–H groups in total. The summed E-state index contributed by atoms with van der Waals surface area (Å²) in [6.45, 7) is 2.02. The zero-order valence-corrected chi connectivity index (χ0v) is 19.7. The molecule has 3 aromatic rings. The number of nitrogens with one attached hydrogen (secondary N) is 1. The molecule has 31 heavy (non-hydrogen) atoms. The van der Waals surface area contributed by atoms with E-state index in [0.717, 1.165) is 21.7 Å². The van der Waals surface area contributed by atoms with Gasteiger partial charge in [0.25, 0.3) is 0 Å². The molecular weight excluding hydrogens is 444 g/mol. The molecule has 0 aliphatic rings. The first kappa shape index (κ1) is 23.0. The molecule has 0 aromatic heterocycles. The number of nitriles is 1. The van der Waals surface area contributed by atoms with Gasteiger partial charge in [-0.15, -0.1) is 23.5 Å². The molecule has 0 heterocycles. The number of allylic oxidation sites excluding steroid dienone is 1. The van der Waals surface area contributed by atoms with Crippen molar-refractivity contribution < 1.29 is 8.42 Å². The molecule has 0 unspecified atom stereocenters. The highest BCUT2D eigenvalue weighted by atomic mass is 32.2. The maximum atomic E-state index is 13.2. The molecule has 0 bridgehead atoms. The zero-order chi connectivity index (χ0) is 22.3. The molecule has 0 atom stereocenters. The van der Waals surface area contributed by atoms with Gasteiger partial charge in [-0.3, -0.25) is 0 Å². The molecule has 4 nitrogen and oxygen atoms in total. The summed E-state index contributed by atoms with van der Waals surface area (Å²) in [5, 5.41) is 13.4. The molecule has 0 spiro atoms. The van der Waals surface area contributed by atoms with Gasteiger partial charge >= 0.3 is 0 Å². The summed E-state index contributed by atoms with van der Waals surface area (Å²) >= 11 is 2.90. The van der Waals surface area contributed by atoms with Crippen LogP contribution in [0, 0.1) is 18.3 Å². The Hall–Kier alpha value is -2.66. The standard InChI is InChI=1S/C24H22N2O2S3/c1-18-11-13-19(14-12-18)17-30-24(26-20-7-6-8-21(15-20)29-2)23(16-25)31(27,28)22-9-4-3-5-10-22/h3-15,26H,17H2,1-2H3. The molecule has 3 rings (SSSR count). The Morgan fingerprint density at radius 3 is 2.35 bits per heavy atom. The Labute approximate surface area is 192 Å². The van der Waals surface area contributed by atoms with Crippen molar-refractivity contribution in [1.29, 1.82) is 5.26 Å². The fourth-order valence-corrected chi connectivity index (χ4v) is 5.78. The lowest BCUT2D eigenvalue weighted by molar-refractivity contribution is 0.603. The quantitative estimate of drug-likeness (QED) is 0.313. The van der Waals surface area contributed by atoms with E-state index in [0.29, 0.717) is 10.8 Å². The van der Waals surface area contributed by atoms with Gasteiger partial charge in [-0.05, 0) is 49.1 Å². The SMILES string of the molecule is CSc1cccc(NC(SCc2ccc(C)cc2)=C(C#N)S(=O)(=O)c2ccccc2)c1. The summed E-state index contributed by atoms with van der Waals surface area (Å²) in [5.41, 5.74) is 2.93. The van der Waals surface area contributed by atoms with Crippen LogP contribution in [0.1, 0.15) is 11.1 Å². The van der Waals surface area contributed by atoms with Crippen LogP contribution in [0.3, 0.4) is 0 Å². The number of anilines is 1. The highest BCUT2D eigenvalue weighted by Gasteiger charge is 2.25. The number of aryl methyl sites for hydroxylation is 1. The van der Waals surface area contributed by atoms with Gasteiger partial charge in [-0.1, -0.05) is 54.1 Å². The number of benzene rings is 3. The Morgan fingerprint density at radius 2 is 1.71 bits per heavy atom. The monoisotopic (exact) mass is 466 g/mol. The van der Waals surface area contributed by atoms with Crippen LogP contribution in [-0.2, 0) is 15.6 Å². The van der Waals surface area contributed by atoms with E-state index in [9.17, 15) is 13.7 Å². The third-order valence-electron chi connectivity index (χ3n) is 4.46. The molecule has 0 amide bonds. The molecule has 7 heteroatoms. The summed E-state index contributed by atoms with van der Waals surface area (Å²) < 4.78 is 26.5. The van der Waals surface area contributed by atoms with Crippen LogP contribution in [0.15, 0.2) is 98.6 Å². The predicted octanol–water partition coefficient (Wildman–Crippen LogP) is 6.23.